The lowest BCUT2D eigenvalue weighted by molar-refractivity contribution is 0.115. The second-order valence-corrected chi connectivity index (χ2v) is 10.2. The Morgan fingerprint density at radius 1 is 1.18 bits per heavy atom. The van der Waals surface area contributed by atoms with E-state index in [0.29, 0.717) is 11.2 Å². The van der Waals surface area contributed by atoms with Crippen molar-refractivity contribution >= 4 is 16.7 Å². The average Bonchev–Trinajstić information content (AvgIpc) is 3.28. The molecule has 0 amide bonds. The van der Waals surface area contributed by atoms with Crippen molar-refractivity contribution in [1.82, 2.24) is 19.6 Å². The van der Waals surface area contributed by atoms with Crippen molar-refractivity contribution in [2.24, 2.45) is 7.05 Å². The monoisotopic (exact) mass is 448 g/mol. The fraction of sp³-hybridized carbons (Fsp3) is 0.520. The molecule has 0 aliphatic carbocycles. The van der Waals surface area contributed by atoms with Gasteiger partial charge in [-0.1, -0.05) is 25.9 Å². The van der Waals surface area contributed by atoms with Crippen molar-refractivity contribution < 1.29 is 4.52 Å². The Morgan fingerprint density at radius 3 is 2.55 bits per heavy atom. The van der Waals surface area contributed by atoms with Crippen LogP contribution in [0.1, 0.15) is 64.7 Å². The van der Waals surface area contributed by atoms with E-state index in [1.54, 1.807) is 29.8 Å². The summed E-state index contributed by atoms with van der Waals surface area (Å²) in [5.74, 6) is 0.884. The second-order valence-electron chi connectivity index (χ2n) is 10.2. The number of piperazine rings is 1. The van der Waals surface area contributed by atoms with Crippen LogP contribution in [0.4, 0.5) is 5.69 Å². The molecule has 174 valence electrons. The van der Waals surface area contributed by atoms with E-state index in [1.165, 1.54) is 0 Å². The van der Waals surface area contributed by atoms with Gasteiger partial charge in [-0.05, 0) is 32.9 Å². The predicted octanol–water partition coefficient (Wildman–Crippen LogP) is 3.75. The minimum Gasteiger partial charge on any atom is -0.364 e. The van der Waals surface area contributed by atoms with Gasteiger partial charge in [0.05, 0.1) is 17.2 Å². The Bertz CT molecular complexity index is 1280. The molecule has 0 bridgehead atoms. The van der Waals surface area contributed by atoms with Gasteiger partial charge in [0.15, 0.2) is 0 Å². The average molecular weight is 449 g/mol. The van der Waals surface area contributed by atoms with Crippen LogP contribution in [0.5, 0.6) is 0 Å². The minimum atomic E-state index is -0.0861. The molecule has 1 unspecified atom stereocenters. The highest BCUT2D eigenvalue weighted by atomic mass is 16.5. The molecule has 1 saturated heterocycles. The van der Waals surface area contributed by atoms with E-state index in [9.17, 15) is 10.1 Å². The number of hydrogen-bond donors (Lipinski definition) is 0. The molecule has 33 heavy (non-hydrogen) atoms. The quantitative estimate of drug-likeness (QED) is 0.603. The molecule has 0 N–H and O–H groups in total. The van der Waals surface area contributed by atoms with Crippen molar-refractivity contribution in [2.45, 2.75) is 65.1 Å². The Morgan fingerprint density at radius 2 is 1.91 bits per heavy atom. The molecule has 8 heteroatoms. The summed E-state index contributed by atoms with van der Waals surface area (Å²) in [5, 5.41) is 13.7. The Kier molecular flexibility index (Phi) is 5.79. The fourth-order valence-electron chi connectivity index (χ4n) is 4.63. The molecule has 8 nitrogen and oxygen atoms in total. The highest BCUT2D eigenvalue weighted by Crippen LogP contribution is 2.33. The van der Waals surface area contributed by atoms with Gasteiger partial charge in [0.2, 0.25) is 0 Å². The van der Waals surface area contributed by atoms with Gasteiger partial charge in [-0.25, -0.2) is 4.98 Å². The smallest absolute Gasteiger partial charge is 0.252 e. The molecule has 0 aromatic carbocycles. The van der Waals surface area contributed by atoms with Crippen LogP contribution in [0.2, 0.25) is 0 Å². The van der Waals surface area contributed by atoms with Gasteiger partial charge >= 0.3 is 0 Å². The molecule has 3 aromatic rings. The maximum absolute atomic E-state index is 12.7. The van der Waals surface area contributed by atoms with E-state index in [1.807, 2.05) is 0 Å². The van der Waals surface area contributed by atoms with Crippen LogP contribution in [0.25, 0.3) is 11.0 Å². The summed E-state index contributed by atoms with van der Waals surface area (Å²) in [5.41, 5.74) is 3.30. The first-order valence-corrected chi connectivity index (χ1v) is 11.4. The topological polar surface area (TPSA) is 91.2 Å². The SMILES string of the molecule is CC(c1cc(C(C)(C)C)on1)N1C[C@H](C)N(c2cc(=O)n(C)c3ccc(C#N)nc23)C[C@H]1C. The first-order chi connectivity index (χ1) is 15.5. The van der Waals surface area contributed by atoms with Crippen molar-refractivity contribution in [3.8, 4) is 6.07 Å². The number of rotatable bonds is 3. The Balaban J connectivity index is 1.66. The molecule has 1 fully saturated rings. The predicted molar refractivity (Wildman–Crippen MR) is 128 cm³/mol. The standard InChI is InChI=1S/C25H32N6O2/c1-15-14-31(21-11-23(32)29(7)20-9-8-18(12-26)27-24(20)21)16(2)13-30(15)17(3)19-10-22(33-28-19)25(4,5)6/h8-11,15-17H,13-14H2,1-7H3/t15-,16+,17?/m1/s1. The van der Waals surface area contributed by atoms with Gasteiger partial charge in [-0.15, -0.1) is 0 Å². The third-order valence-electron chi connectivity index (χ3n) is 6.72. The lowest BCUT2D eigenvalue weighted by Crippen LogP contribution is -2.57. The molecule has 0 radical (unpaired) electrons. The van der Waals surface area contributed by atoms with Crippen LogP contribution in [0.3, 0.4) is 0 Å². The van der Waals surface area contributed by atoms with Crippen LogP contribution in [0, 0.1) is 11.3 Å². The summed E-state index contributed by atoms with van der Waals surface area (Å²) >= 11 is 0. The molecular formula is C25H32N6O2. The van der Waals surface area contributed by atoms with E-state index in [4.69, 9.17) is 4.52 Å². The van der Waals surface area contributed by atoms with Gasteiger partial charge in [-0.3, -0.25) is 9.69 Å². The summed E-state index contributed by atoms with van der Waals surface area (Å²) in [6, 6.07) is 9.74. The van der Waals surface area contributed by atoms with Crippen LogP contribution in [-0.2, 0) is 12.5 Å². The largest absolute Gasteiger partial charge is 0.364 e. The zero-order valence-electron chi connectivity index (χ0n) is 20.5. The molecule has 3 aromatic heterocycles. The molecule has 1 aliphatic rings. The summed E-state index contributed by atoms with van der Waals surface area (Å²) in [6.07, 6.45) is 0. The van der Waals surface area contributed by atoms with Gasteiger partial charge in [0, 0.05) is 49.8 Å². The van der Waals surface area contributed by atoms with E-state index in [0.717, 1.165) is 35.7 Å². The third kappa shape index (κ3) is 4.13. The van der Waals surface area contributed by atoms with E-state index in [2.05, 4.69) is 73.6 Å². The number of nitriles is 1. The van der Waals surface area contributed by atoms with Gasteiger partial charge in [0.1, 0.15) is 28.7 Å². The van der Waals surface area contributed by atoms with Crippen molar-refractivity contribution in [3.05, 3.63) is 51.8 Å². The van der Waals surface area contributed by atoms with Gasteiger partial charge in [-0.2, -0.15) is 5.26 Å². The molecular weight excluding hydrogens is 416 g/mol. The normalized spacial score (nSPS) is 20.7. The van der Waals surface area contributed by atoms with Crippen molar-refractivity contribution in [3.63, 3.8) is 0 Å². The number of anilines is 1. The molecule has 0 saturated carbocycles. The van der Waals surface area contributed by atoms with Crippen molar-refractivity contribution in [1.29, 1.82) is 5.26 Å². The zero-order valence-corrected chi connectivity index (χ0v) is 20.5. The molecule has 0 spiro atoms. The Labute approximate surface area is 194 Å². The van der Waals surface area contributed by atoms with Crippen LogP contribution in [-0.4, -0.2) is 44.8 Å². The maximum atomic E-state index is 12.7. The van der Waals surface area contributed by atoms with Crippen LogP contribution in [0.15, 0.2) is 33.6 Å². The maximum Gasteiger partial charge on any atom is 0.252 e. The lowest BCUT2D eigenvalue weighted by atomic mass is 9.92. The molecule has 4 heterocycles. The minimum absolute atomic E-state index is 0.0849. The number of pyridine rings is 2. The first-order valence-electron chi connectivity index (χ1n) is 11.4. The number of fused-ring (bicyclic) bond motifs is 1. The van der Waals surface area contributed by atoms with Gasteiger partial charge in [0.25, 0.3) is 5.56 Å². The molecule has 1 aliphatic heterocycles. The van der Waals surface area contributed by atoms with E-state index < -0.39 is 0 Å². The first kappa shape index (κ1) is 23.0. The number of hydrogen-bond acceptors (Lipinski definition) is 7. The van der Waals surface area contributed by atoms with E-state index >= 15 is 0 Å². The van der Waals surface area contributed by atoms with Crippen LogP contribution >= 0.6 is 0 Å². The third-order valence-corrected chi connectivity index (χ3v) is 6.72. The van der Waals surface area contributed by atoms with Crippen LogP contribution < -0.4 is 10.5 Å². The molecule has 4 rings (SSSR count). The summed E-state index contributed by atoms with van der Waals surface area (Å²) in [4.78, 5) is 21.9. The van der Waals surface area contributed by atoms with Gasteiger partial charge < -0.3 is 14.0 Å². The van der Waals surface area contributed by atoms with E-state index in [-0.39, 0.29) is 29.1 Å². The fourth-order valence-corrected chi connectivity index (χ4v) is 4.63. The highest BCUT2D eigenvalue weighted by Gasteiger charge is 2.35. The summed E-state index contributed by atoms with van der Waals surface area (Å²) in [7, 11) is 1.73. The lowest BCUT2D eigenvalue weighted by Gasteiger charge is -2.47. The van der Waals surface area contributed by atoms with Crippen molar-refractivity contribution in [2.75, 3.05) is 18.0 Å². The summed E-state index contributed by atoms with van der Waals surface area (Å²) < 4.78 is 7.21. The highest BCUT2D eigenvalue weighted by molar-refractivity contribution is 5.89. The zero-order chi connectivity index (χ0) is 24.1. The molecule has 3 atom stereocenters. The Hall–Kier alpha value is -3.18. The number of nitrogens with zero attached hydrogens (tertiary/aromatic N) is 6. The summed E-state index contributed by atoms with van der Waals surface area (Å²) in [6.45, 7) is 14.4. The number of aromatic nitrogens is 3. The number of aryl methyl sites for hydroxylation is 1. The second kappa shape index (κ2) is 8.31.